The van der Waals surface area contributed by atoms with Gasteiger partial charge in [0.1, 0.15) is 0 Å². The van der Waals surface area contributed by atoms with Gasteiger partial charge >= 0.3 is 0 Å². The van der Waals surface area contributed by atoms with Gasteiger partial charge in [-0.1, -0.05) is 11.8 Å². The summed E-state index contributed by atoms with van der Waals surface area (Å²) in [6.07, 6.45) is 6.14. The van der Waals surface area contributed by atoms with Gasteiger partial charge in [-0.15, -0.1) is 0 Å². The smallest absolute Gasteiger partial charge is 0.187 e. The van der Waals surface area contributed by atoms with Crippen LogP contribution in [0, 0.1) is 0 Å². The van der Waals surface area contributed by atoms with Gasteiger partial charge in [-0.3, -0.25) is 0 Å². The maximum atomic E-state index is 5.66. The van der Waals surface area contributed by atoms with Crippen LogP contribution in [0.25, 0.3) is 0 Å². The van der Waals surface area contributed by atoms with E-state index >= 15 is 0 Å². The summed E-state index contributed by atoms with van der Waals surface area (Å²) in [6, 6.07) is 0. The maximum Gasteiger partial charge on any atom is 0.187 e. The Bertz CT molecular complexity index is 314. The second-order valence-corrected chi connectivity index (χ2v) is 4.00. The van der Waals surface area contributed by atoms with Gasteiger partial charge in [0.2, 0.25) is 0 Å². The monoisotopic (exact) mass is 195 g/mol. The van der Waals surface area contributed by atoms with Crippen LogP contribution in [0.3, 0.4) is 0 Å². The third kappa shape index (κ3) is 1.56. The van der Waals surface area contributed by atoms with E-state index in [0.29, 0.717) is 5.92 Å². The van der Waals surface area contributed by atoms with E-state index in [1.54, 1.807) is 11.8 Å². The molecule has 0 saturated heterocycles. The Morgan fingerprint density at radius 3 is 3.23 bits per heavy atom. The largest absolute Gasteiger partial charge is 0.330 e. The van der Waals surface area contributed by atoms with Crippen LogP contribution in [-0.4, -0.2) is 22.8 Å². The van der Waals surface area contributed by atoms with E-state index in [9.17, 15) is 0 Å². The summed E-state index contributed by atoms with van der Waals surface area (Å²) in [4.78, 5) is 8.73. The van der Waals surface area contributed by atoms with E-state index in [0.717, 1.165) is 24.5 Å². The SMILES string of the molecule is CSc1ncc2c(n1)CCC2CN. The molecule has 1 aromatic heterocycles. The van der Waals surface area contributed by atoms with Crippen molar-refractivity contribution in [3.8, 4) is 0 Å². The molecule has 2 rings (SSSR count). The summed E-state index contributed by atoms with van der Waals surface area (Å²) in [5.41, 5.74) is 8.13. The fourth-order valence-corrected chi connectivity index (χ4v) is 2.12. The number of fused-ring (bicyclic) bond motifs is 1. The Balaban J connectivity index is 2.34. The minimum atomic E-state index is 0.492. The number of hydrogen-bond acceptors (Lipinski definition) is 4. The van der Waals surface area contributed by atoms with Crippen LogP contribution in [0.2, 0.25) is 0 Å². The number of aromatic nitrogens is 2. The highest BCUT2D eigenvalue weighted by molar-refractivity contribution is 7.98. The van der Waals surface area contributed by atoms with E-state index in [-0.39, 0.29) is 0 Å². The summed E-state index contributed by atoms with van der Waals surface area (Å²) in [5.74, 6) is 0.492. The molecule has 1 aliphatic rings. The van der Waals surface area contributed by atoms with E-state index in [1.807, 2.05) is 12.5 Å². The molecule has 0 saturated carbocycles. The maximum absolute atomic E-state index is 5.66. The molecule has 1 atom stereocenters. The molecule has 0 aromatic carbocycles. The minimum Gasteiger partial charge on any atom is -0.330 e. The Kier molecular flexibility index (Phi) is 2.51. The normalized spacial score (nSPS) is 20.3. The molecule has 1 aliphatic carbocycles. The van der Waals surface area contributed by atoms with Crippen molar-refractivity contribution in [2.75, 3.05) is 12.8 Å². The Morgan fingerprint density at radius 1 is 1.69 bits per heavy atom. The van der Waals surface area contributed by atoms with Gasteiger partial charge < -0.3 is 5.73 Å². The van der Waals surface area contributed by atoms with Crippen molar-refractivity contribution in [2.24, 2.45) is 5.73 Å². The lowest BCUT2D eigenvalue weighted by molar-refractivity contribution is 0.686. The molecular weight excluding hydrogens is 182 g/mol. The summed E-state index contributed by atoms with van der Waals surface area (Å²) in [5, 5.41) is 0.872. The van der Waals surface area contributed by atoms with Gasteiger partial charge in [0.15, 0.2) is 5.16 Å². The van der Waals surface area contributed by atoms with Gasteiger partial charge in [-0.2, -0.15) is 0 Å². The molecule has 4 heteroatoms. The molecule has 0 amide bonds. The van der Waals surface area contributed by atoms with Gasteiger partial charge in [0, 0.05) is 11.9 Å². The average molecular weight is 195 g/mol. The van der Waals surface area contributed by atoms with Crippen molar-refractivity contribution in [1.82, 2.24) is 9.97 Å². The van der Waals surface area contributed by atoms with Crippen molar-refractivity contribution in [2.45, 2.75) is 23.9 Å². The molecule has 70 valence electrons. The average Bonchev–Trinajstić information content (AvgIpc) is 2.59. The third-order valence-electron chi connectivity index (χ3n) is 2.51. The van der Waals surface area contributed by atoms with Crippen LogP contribution in [0.4, 0.5) is 0 Å². The fraction of sp³-hybridized carbons (Fsp3) is 0.556. The first-order valence-electron chi connectivity index (χ1n) is 4.45. The topological polar surface area (TPSA) is 51.8 Å². The second kappa shape index (κ2) is 3.64. The van der Waals surface area contributed by atoms with E-state index in [4.69, 9.17) is 5.73 Å². The van der Waals surface area contributed by atoms with E-state index < -0.39 is 0 Å². The molecule has 2 N–H and O–H groups in total. The second-order valence-electron chi connectivity index (χ2n) is 3.23. The first-order valence-corrected chi connectivity index (χ1v) is 5.67. The quantitative estimate of drug-likeness (QED) is 0.569. The Morgan fingerprint density at radius 2 is 2.54 bits per heavy atom. The summed E-state index contributed by atoms with van der Waals surface area (Å²) >= 11 is 1.59. The van der Waals surface area contributed by atoms with E-state index in [2.05, 4.69) is 9.97 Å². The zero-order chi connectivity index (χ0) is 9.26. The van der Waals surface area contributed by atoms with E-state index in [1.165, 1.54) is 11.3 Å². The van der Waals surface area contributed by atoms with Crippen LogP contribution in [0.1, 0.15) is 23.6 Å². The molecule has 1 heterocycles. The molecule has 0 radical (unpaired) electrons. The predicted molar refractivity (Wildman–Crippen MR) is 53.9 cm³/mol. The molecule has 0 aliphatic heterocycles. The first kappa shape index (κ1) is 8.97. The number of nitrogens with two attached hydrogens (primary N) is 1. The van der Waals surface area contributed by atoms with Crippen LogP contribution >= 0.6 is 11.8 Å². The Hall–Kier alpha value is -0.610. The third-order valence-corrected chi connectivity index (χ3v) is 3.08. The summed E-state index contributed by atoms with van der Waals surface area (Å²) in [7, 11) is 0. The van der Waals surface area contributed by atoms with Gasteiger partial charge in [0.05, 0.1) is 0 Å². The predicted octanol–water partition coefficient (Wildman–Crippen LogP) is 1.19. The number of rotatable bonds is 2. The summed E-state index contributed by atoms with van der Waals surface area (Å²) in [6.45, 7) is 0.717. The zero-order valence-electron chi connectivity index (χ0n) is 7.66. The van der Waals surface area contributed by atoms with Crippen molar-refractivity contribution in [3.63, 3.8) is 0 Å². The van der Waals surface area contributed by atoms with Crippen LogP contribution in [-0.2, 0) is 6.42 Å². The zero-order valence-corrected chi connectivity index (χ0v) is 8.47. The van der Waals surface area contributed by atoms with Crippen LogP contribution in [0.5, 0.6) is 0 Å². The highest BCUT2D eigenvalue weighted by Crippen LogP contribution is 2.30. The molecule has 13 heavy (non-hydrogen) atoms. The highest BCUT2D eigenvalue weighted by atomic mass is 32.2. The van der Waals surface area contributed by atoms with Crippen LogP contribution < -0.4 is 5.73 Å². The van der Waals surface area contributed by atoms with Crippen molar-refractivity contribution >= 4 is 11.8 Å². The van der Waals surface area contributed by atoms with Gasteiger partial charge in [0.25, 0.3) is 0 Å². The van der Waals surface area contributed by atoms with Gasteiger partial charge in [-0.05, 0) is 37.1 Å². The summed E-state index contributed by atoms with van der Waals surface area (Å²) < 4.78 is 0. The van der Waals surface area contributed by atoms with Crippen molar-refractivity contribution < 1.29 is 0 Å². The number of nitrogens with zero attached hydrogens (tertiary/aromatic N) is 2. The van der Waals surface area contributed by atoms with Gasteiger partial charge in [-0.25, -0.2) is 9.97 Å². The molecule has 0 spiro atoms. The number of hydrogen-bond donors (Lipinski definition) is 1. The molecule has 0 bridgehead atoms. The van der Waals surface area contributed by atoms with Crippen LogP contribution in [0.15, 0.2) is 11.4 Å². The lowest BCUT2D eigenvalue weighted by atomic mass is 10.1. The fourth-order valence-electron chi connectivity index (χ4n) is 1.76. The highest BCUT2D eigenvalue weighted by Gasteiger charge is 2.22. The molecule has 1 aromatic rings. The number of aryl methyl sites for hydroxylation is 1. The standard InChI is InChI=1S/C9H13N3S/c1-13-9-11-5-7-6(4-10)2-3-8(7)12-9/h5-6H,2-4,10H2,1H3. The lowest BCUT2D eigenvalue weighted by Gasteiger charge is -2.06. The molecule has 0 fully saturated rings. The minimum absolute atomic E-state index is 0.492. The van der Waals surface area contributed by atoms with Crippen molar-refractivity contribution in [1.29, 1.82) is 0 Å². The molecule has 1 unspecified atom stereocenters. The number of thioether (sulfide) groups is 1. The van der Waals surface area contributed by atoms with Crippen molar-refractivity contribution in [3.05, 3.63) is 17.5 Å². The Labute approximate surface area is 82.2 Å². The lowest BCUT2D eigenvalue weighted by Crippen LogP contribution is -2.09. The first-order chi connectivity index (χ1) is 6.35. The molecular formula is C9H13N3S. The molecule has 3 nitrogen and oxygen atoms in total.